The molecular formula is C35H34Cl3F3N2O. The summed E-state index contributed by atoms with van der Waals surface area (Å²) < 4.78 is 47.1. The first-order valence-electron chi connectivity index (χ1n) is 13.9. The van der Waals surface area contributed by atoms with Crippen LogP contribution in [0.3, 0.4) is 0 Å². The van der Waals surface area contributed by atoms with Crippen LogP contribution >= 0.6 is 36.4 Å². The fraction of sp³-hybridized carbons (Fsp3) is 0.200. The van der Waals surface area contributed by atoms with Gasteiger partial charge in [-0.25, -0.2) is 0 Å². The summed E-state index contributed by atoms with van der Waals surface area (Å²) in [5.41, 5.74) is 8.72. The number of nitrogen functional groups attached to an aromatic ring is 1. The fourth-order valence-electron chi connectivity index (χ4n) is 5.33. The number of nitrogens with zero attached hydrogens (tertiary/aromatic N) is 1. The molecule has 0 unspecified atom stereocenters. The van der Waals surface area contributed by atoms with Crippen LogP contribution in [0.15, 0.2) is 115 Å². The van der Waals surface area contributed by atoms with E-state index in [4.69, 9.17) is 22.1 Å². The molecule has 0 atom stereocenters. The van der Waals surface area contributed by atoms with Gasteiger partial charge in [0.1, 0.15) is 5.75 Å². The third-order valence-corrected chi connectivity index (χ3v) is 7.86. The quantitative estimate of drug-likeness (QED) is 0.113. The summed E-state index contributed by atoms with van der Waals surface area (Å²) in [5, 5.41) is 1.62. The Morgan fingerprint density at radius 3 is 1.95 bits per heavy atom. The van der Waals surface area contributed by atoms with E-state index in [1.807, 2.05) is 72.8 Å². The maximum absolute atomic E-state index is 13.6. The highest BCUT2D eigenvalue weighted by atomic mass is 35.5. The fourth-order valence-corrected chi connectivity index (χ4v) is 5.62. The van der Waals surface area contributed by atoms with Crippen molar-refractivity contribution in [3.63, 3.8) is 0 Å². The summed E-state index contributed by atoms with van der Waals surface area (Å²) in [7, 11) is 0. The molecule has 0 fully saturated rings. The maximum atomic E-state index is 13.6. The van der Waals surface area contributed by atoms with Gasteiger partial charge < -0.3 is 10.5 Å². The first kappa shape index (κ1) is 35.1. The molecule has 0 amide bonds. The van der Waals surface area contributed by atoms with E-state index in [9.17, 15) is 13.2 Å². The summed E-state index contributed by atoms with van der Waals surface area (Å²) in [6, 6.07) is 36.0. The molecule has 0 aliphatic rings. The van der Waals surface area contributed by atoms with Crippen molar-refractivity contribution >= 4 is 52.9 Å². The lowest BCUT2D eigenvalue weighted by molar-refractivity contribution is -0.137. The largest absolute Gasteiger partial charge is 0.493 e. The molecule has 44 heavy (non-hydrogen) atoms. The normalized spacial score (nSPS) is 11.3. The van der Waals surface area contributed by atoms with Crippen molar-refractivity contribution in [1.82, 2.24) is 4.90 Å². The molecular weight excluding hydrogens is 628 g/mol. The van der Waals surface area contributed by atoms with Gasteiger partial charge in [0.15, 0.2) is 0 Å². The number of fused-ring (bicyclic) bond motifs is 1. The van der Waals surface area contributed by atoms with Crippen molar-refractivity contribution < 1.29 is 17.9 Å². The van der Waals surface area contributed by atoms with E-state index in [-0.39, 0.29) is 42.3 Å². The Balaban J connectivity index is 0.00000264. The summed E-state index contributed by atoms with van der Waals surface area (Å²) in [6.07, 6.45) is -3.87. The van der Waals surface area contributed by atoms with Crippen LogP contribution in [0.5, 0.6) is 5.75 Å². The molecule has 0 aliphatic carbocycles. The van der Waals surface area contributed by atoms with Gasteiger partial charge in [0.2, 0.25) is 0 Å². The van der Waals surface area contributed by atoms with E-state index in [0.717, 1.165) is 33.7 Å². The minimum absolute atomic E-state index is 0. The van der Waals surface area contributed by atoms with Crippen LogP contribution in [0.1, 0.15) is 34.6 Å². The molecule has 5 rings (SSSR count). The second-order valence-corrected chi connectivity index (χ2v) is 10.7. The van der Waals surface area contributed by atoms with Gasteiger partial charge >= 0.3 is 6.18 Å². The molecule has 0 bridgehead atoms. The summed E-state index contributed by atoms with van der Waals surface area (Å²) in [5.74, 6) is 0.762. The number of ether oxygens (including phenoxy) is 1. The Morgan fingerprint density at radius 1 is 0.727 bits per heavy atom. The molecule has 5 aromatic rings. The monoisotopic (exact) mass is 660 g/mol. The number of hydrogen-bond acceptors (Lipinski definition) is 3. The lowest BCUT2D eigenvalue weighted by atomic mass is 9.90. The summed E-state index contributed by atoms with van der Waals surface area (Å²) in [4.78, 5) is 2.16. The van der Waals surface area contributed by atoms with Gasteiger partial charge in [0, 0.05) is 42.0 Å². The standard InChI is InChI=1S/C35H32ClF3N2O.2ClH/c36-34-27(15-7-18-31(34)35(37,38)39)23-41(24-30(25-11-3-1-4-12-25)26-13-5-2-6-14-26)21-10-22-42-33-20-9-16-28-29(33)17-8-19-32(28)40;;/h1-9,11-20,30H,10,21-24,40H2;2*1H. The molecule has 0 saturated heterocycles. The van der Waals surface area contributed by atoms with Crippen molar-refractivity contribution in [2.45, 2.75) is 25.1 Å². The van der Waals surface area contributed by atoms with Gasteiger partial charge in [0.25, 0.3) is 0 Å². The maximum Gasteiger partial charge on any atom is 0.417 e. The first-order chi connectivity index (χ1) is 20.3. The van der Waals surface area contributed by atoms with Crippen LogP contribution in [-0.2, 0) is 12.7 Å². The second-order valence-electron chi connectivity index (χ2n) is 10.3. The van der Waals surface area contributed by atoms with Gasteiger partial charge in [-0.1, -0.05) is 109 Å². The number of rotatable bonds is 11. The van der Waals surface area contributed by atoms with E-state index >= 15 is 0 Å². The summed E-state index contributed by atoms with van der Waals surface area (Å²) in [6.45, 7) is 1.88. The van der Waals surface area contributed by atoms with Crippen molar-refractivity contribution in [2.75, 3.05) is 25.4 Å². The average Bonchev–Trinajstić information content (AvgIpc) is 2.99. The van der Waals surface area contributed by atoms with Crippen LogP contribution in [-0.4, -0.2) is 24.6 Å². The van der Waals surface area contributed by atoms with E-state index in [1.54, 1.807) is 6.07 Å². The van der Waals surface area contributed by atoms with E-state index in [0.29, 0.717) is 37.4 Å². The predicted octanol–water partition coefficient (Wildman–Crippen LogP) is 10.0. The first-order valence-corrected chi connectivity index (χ1v) is 14.3. The number of benzene rings is 5. The molecule has 232 valence electrons. The zero-order valence-corrected chi connectivity index (χ0v) is 26.2. The minimum Gasteiger partial charge on any atom is -0.493 e. The van der Waals surface area contributed by atoms with Crippen LogP contribution in [0.2, 0.25) is 5.02 Å². The molecule has 0 radical (unpaired) electrons. The Hall–Kier alpha value is -3.42. The molecule has 3 nitrogen and oxygen atoms in total. The molecule has 5 aromatic carbocycles. The van der Waals surface area contributed by atoms with Crippen LogP contribution in [0, 0.1) is 0 Å². The number of halogens is 6. The van der Waals surface area contributed by atoms with Gasteiger partial charge in [-0.05, 0) is 41.3 Å². The van der Waals surface area contributed by atoms with Gasteiger partial charge in [-0.15, -0.1) is 24.8 Å². The molecule has 0 aromatic heterocycles. The molecule has 9 heteroatoms. The summed E-state index contributed by atoms with van der Waals surface area (Å²) >= 11 is 6.34. The van der Waals surface area contributed by atoms with Gasteiger partial charge in [-0.3, -0.25) is 4.90 Å². The van der Waals surface area contributed by atoms with Crippen molar-refractivity contribution in [3.05, 3.63) is 143 Å². The third kappa shape index (κ3) is 8.60. The van der Waals surface area contributed by atoms with Crippen molar-refractivity contribution in [2.24, 2.45) is 0 Å². The topological polar surface area (TPSA) is 38.5 Å². The van der Waals surface area contributed by atoms with Crippen LogP contribution in [0.25, 0.3) is 10.8 Å². The molecule has 0 saturated carbocycles. The molecule has 2 N–H and O–H groups in total. The van der Waals surface area contributed by atoms with Crippen molar-refractivity contribution in [1.29, 1.82) is 0 Å². The van der Waals surface area contributed by atoms with E-state index in [1.165, 1.54) is 6.07 Å². The number of alkyl halides is 3. The van der Waals surface area contributed by atoms with E-state index < -0.39 is 11.7 Å². The van der Waals surface area contributed by atoms with Crippen LogP contribution in [0.4, 0.5) is 18.9 Å². The van der Waals surface area contributed by atoms with Crippen molar-refractivity contribution in [3.8, 4) is 5.75 Å². The minimum atomic E-state index is -4.52. The zero-order valence-electron chi connectivity index (χ0n) is 23.8. The SMILES string of the molecule is Cl.Cl.Nc1cccc2c(OCCCN(Cc3cccc(C(F)(F)F)c3Cl)CC(c3ccccc3)c3ccccc3)cccc12. The van der Waals surface area contributed by atoms with Gasteiger partial charge in [-0.2, -0.15) is 13.2 Å². The number of nitrogens with two attached hydrogens (primary N) is 1. The predicted molar refractivity (Wildman–Crippen MR) is 179 cm³/mol. The van der Waals surface area contributed by atoms with Crippen LogP contribution < -0.4 is 10.5 Å². The Bertz CT molecular complexity index is 1580. The lowest BCUT2D eigenvalue weighted by Gasteiger charge is -2.29. The Labute approximate surface area is 273 Å². The zero-order chi connectivity index (χ0) is 29.5. The molecule has 0 heterocycles. The lowest BCUT2D eigenvalue weighted by Crippen LogP contribution is -2.31. The second kappa shape index (κ2) is 16.1. The molecule has 0 aliphatic heterocycles. The van der Waals surface area contributed by atoms with E-state index in [2.05, 4.69) is 29.2 Å². The van der Waals surface area contributed by atoms with Gasteiger partial charge in [0.05, 0.1) is 17.2 Å². The number of hydrogen-bond donors (Lipinski definition) is 1. The smallest absolute Gasteiger partial charge is 0.417 e. The highest BCUT2D eigenvalue weighted by molar-refractivity contribution is 6.32. The Kier molecular flexibility index (Phi) is 12.8. The average molecular weight is 662 g/mol. The highest BCUT2D eigenvalue weighted by Gasteiger charge is 2.34. The Morgan fingerprint density at radius 2 is 1.32 bits per heavy atom. The third-order valence-electron chi connectivity index (χ3n) is 7.41. The highest BCUT2D eigenvalue weighted by Crippen LogP contribution is 2.37. The number of anilines is 1. The molecule has 0 spiro atoms.